The number of amides is 1. The quantitative estimate of drug-likeness (QED) is 0.0171. The van der Waals surface area contributed by atoms with E-state index in [9.17, 15) is 58.1 Å². The number of rotatable bonds is 23. The van der Waals surface area contributed by atoms with Gasteiger partial charge < -0.3 is 45.9 Å². The van der Waals surface area contributed by atoms with Crippen molar-refractivity contribution < 1.29 is 52.8 Å². The Morgan fingerprint density at radius 1 is 0.935 bits per heavy atom. The second-order valence-electron chi connectivity index (χ2n) is 14.5. The van der Waals surface area contributed by atoms with Crippen LogP contribution in [0.4, 0.5) is 17.1 Å². The average Bonchev–Trinajstić information content (AvgIpc) is 3.26. The number of carbonyl (C=O) groups is 2. The first-order valence-electron chi connectivity index (χ1n) is 19.6. The van der Waals surface area contributed by atoms with Crippen LogP contribution in [0.3, 0.4) is 0 Å². The molecule has 1 heterocycles. The van der Waals surface area contributed by atoms with E-state index in [0.717, 1.165) is 23.3 Å². The zero-order valence-electron chi connectivity index (χ0n) is 33.3. The van der Waals surface area contributed by atoms with E-state index in [0.29, 0.717) is 31.4 Å². The number of hydrogen-bond acceptors (Lipinski definition) is 15. The Labute approximate surface area is 356 Å². The van der Waals surface area contributed by atoms with Gasteiger partial charge in [0.1, 0.15) is 23.6 Å². The Balaban J connectivity index is 1.24. The molecule has 8 N–H and O–H groups in total. The maximum atomic E-state index is 13.6. The number of para-hydroxylation sites is 1. The number of carboxylic acids is 1. The van der Waals surface area contributed by atoms with Gasteiger partial charge in [0.25, 0.3) is 22.3 Å². The van der Waals surface area contributed by atoms with Crippen molar-refractivity contribution in [3.05, 3.63) is 115 Å². The number of terminal acetylenes is 1. The van der Waals surface area contributed by atoms with Crippen LogP contribution in [-0.4, -0.2) is 108 Å². The Hall–Kier alpha value is -6.05. The number of nitrogens with zero attached hydrogens (tertiary/aromatic N) is 1. The molecule has 1 aliphatic rings. The summed E-state index contributed by atoms with van der Waals surface area (Å²) in [5, 5.41) is 64.0. The van der Waals surface area contributed by atoms with E-state index in [1.807, 2.05) is 42.5 Å². The van der Waals surface area contributed by atoms with Gasteiger partial charge in [0.2, 0.25) is 15.9 Å². The normalized spacial score (nSPS) is 19.8. The summed E-state index contributed by atoms with van der Waals surface area (Å²) in [6.45, 7) is -0.483. The van der Waals surface area contributed by atoms with Crippen molar-refractivity contribution in [3.8, 4) is 23.5 Å². The summed E-state index contributed by atoms with van der Waals surface area (Å²) < 4.78 is 40.7. The number of sulfonamides is 1. The molecule has 330 valence electrons. The summed E-state index contributed by atoms with van der Waals surface area (Å²) in [5.41, 5.74) is 0.641. The second kappa shape index (κ2) is 21.2. The lowest BCUT2D eigenvalue weighted by atomic mass is 9.89. The number of aliphatic hydroxyl groups excluding tert-OH is 3. The van der Waals surface area contributed by atoms with Crippen molar-refractivity contribution in [2.24, 2.45) is 0 Å². The van der Waals surface area contributed by atoms with E-state index in [2.05, 4.69) is 26.6 Å². The molecular weight excluding hydrogens is 831 g/mol. The molecule has 20 heteroatoms. The molecule has 1 fully saturated rings. The highest BCUT2D eigenvalue weighted by molar-refractivity contribution is 7.89. The first-order valence-corrected chi connectivity index (χ1v) is 21.1. The molecule has 0 radical (unpaired) electrons. The number of hydrogen-bond donors (Lipinski definition) is 8. The van der Waals surface area contributed by atoms with Crippen LogP contribution in [0, 0.1) is 22.5 Å². The van der Waals surface area contributed by atoms with E-state index in [4.69, 9.17) is 15.9 Å². The number of aliphatic carboxylic acids is 1. The zero-order valence-corrected chi connectivity index (χ0v) is 34.1. The van der Waals surface area contributed by atoms with E-state index in [1.165, 1.54) is 12.1 Å². The number of nitro benzene ring substituents is 1. The fourth-order valence-electron chi connectivity index (χ4n) is 6.91. The summed E-state index contributed by atoms with van der Waals surface area (Å²) in [7, 11) is -4.89. The van der Waals surface area contributed by atoms with Crippen molar-refractivity contribution in [1.82, 2.24) is 10.0 Å². The number of nitro groups is 1. The summed E-state index contributed by atoms with van der Waals surface area (Å²) in [4.78, 5) is 59.3. The van der Waals surface area contributed by atoms with Gasteiger partial charge in [-0.3, -0.25) is 24.5 Å². The molecule has 6 atom stereocenters. The summed E-state index contributed by atoms with van der Waals surface area (Å²) in [5.74, 6) is -2.67. The summed E-state index contributed by atoms with van der Waals surface area (Å²) in [6, 6.07) is 19.1. The molecule has 19 nitrogen and oxygen atoms in total. The highest BCUT2D eigenvalue weighted by atomic mass is 32.2. The second-order valence-corrected chi connectivity index (χ2v) is 16.2. The van der Waals surface area contributed by atoms with Crippen LogP contribution in [0.25, 0.3) is 11.1 Å². The molecule has 0 spiro atoms. The number of carbonyl (C=O) groups excluding carboxylic acids is 1. The first kappa shape index (κ1) is 47.0. The van der Waals surface area contributed by atoms with Crippen LogP contribution in [0.2, 0.25) is 0 Å². The Kier molecular flexibility index (Phi) is 16.0. The third-order valence-electron chi connectivity index (χ3n) is 10.2. The monoisotopic (exact) mass is 877 g/mol. The predicted octanol–water partition coefficient (Wildman–Crippen LogP) is 1.25. The zero-order chi connectivity index (χ0) is 45.0. The SMILES string of the molecule is C#CCNc1c(NCCCCCCO[C@]2(C(=O)O)C[C@H](O)[C@@H](NS(=O)(=O)c3ccccc3[N+](=O)[O-])[C@H]([C@H](O)[C@H](O)CNC(=O)Cc3ccc(-c4ccccc4)cc3)O2)c(=O)c1=O. The highest BCUT2D eigenvalue weighted by Gasteiger charge is 2.56. The van der Waals surface area contributed by atoms with Crippen molar-refractivity contribution >= 4 is 39.0 Å². The number of benzene rings is 3. The molecule has 0 unspecified atom stereocenters. The largest absolute Gasteiger partial charge is 0.477 e. The lowest BCUT2D eigenvalue weighted by molar-refractivity contribution is -0.387. The van der Waals surface area contributed by atoms with Gasteiger partial charge in [-0.15, -0.1) is 6.42 Å². The van der Waals surface area contributed by atoms with Gasteiger partial charge in [-0.2, -0.15) is 0 Å². The number of ether oxygens (including phenoxy) is 2. The van der Waals surface area contributed by atoms with Gasteiger partial charge >= 0.3 is 5.97 Å². The lowest BCUT2D eigenvalue weighted by Crippen LogP contribution is -2.68. The van der Waals surface area contributed by atoms with Gasteiger partial charge in [0, 0.05) is 25.6 Å². The maximum absolute atomic E-state index is 13.6. The summed E-state index contributed by atoms with van der Waals surface area (Å²) in [6.07, 6.45) is -2.11. The Morgan fingerprint density at radius 2 is 1.56 bits per heavy atom. The van der Waals surface area contributed by atoms with Gasteiger partial charge in [0.05, 0.1) is 42.7 Å². The van der Waals surface area contributed by atoms with Crippen molar-refractivity contribution in [3.63, 3.8) is 0 Å². The lowest BCUT2D eigenvalue weighted by Gasteiger charge is -2.46. The maximum Gasteiger partial charge on any atom is 0.364 e. The summed E-state index contributed by atoms with van der Waals surface area (Å²) >= 11 is 0. The first-order chi connectivity index (χ1) is 29.6. The highest BCUT2D eigenvalue weighted by Crippen LogP contribution is 2.35. The molecule has 0 bridgehead atoms. The van der Waals surface area contributed by atoms with Crippen LogP contribution in [0.15, 0.2) is 93.3 Å². The van der Waals surface area contributed by atoms with Gasteiger partial charge in [-0.1, -0.05) is 85.5 Å². The average molecular weight is 878 g/mol. The third kappa shape index (κ3) is 11.4. The molecule has 0 aromatic heterocycles. The van der Waals surface area contributed by atoms with Crippen LogP contribution < -0.4 is 31.5 Å². The van der Waals surface area contributed by atoms with E-state index >= 15 is 0 Å². The molecule has 0 aliphatic carbocycles. The van der Waals surface area contributed by atoms with Crippen molar-refractivity contribution in [2.45, 2.75) is 79.7 Å². The molecule has 4 aromatic carbocycles. The molecule has 1 saturated heterocycles. The van der Waals surface area contributed by atoms with E-state index in [-0.39, 0.29) is 37.4 Å². The molecule has 1 aliphatic heterocycles. The number of nitrogens with one attached hydrogen (secondary N) is 4. The Bertz CT molecular complexity index is 2420. The Morgan fingerprint density at radius 3 is 2.23 bits per heavy atom. The van der Waals surface area contributed by atoms with Gasteiger partial charge in [-0.25, -0.2) is 17.9 Å². The van der Waals surface area contributed by atoms with Crippen LogP contribution in [-0.2, 0) is 35.5 Å². The predicted molar refractivity (Wildman–Crippen MR) is 225 cm³/mol. The number of carboxylic acid groups (broad SMARTS) is 1. The fraction of sp³-hybridized carbons (Fsp3) is 0.381. The van der Waals surface area contributed by atoms with Crippen molar-refractivity contribution in [1.29, 1.82) is 0 Å². The smallest absolute Gasteiger partial charge is 0.364 e. The third-order valence-corrected chi connectivity index (χ3v) is 11.7. The van der Waals surface area contributed by atoms with Crippen LogP contribution in [0.5, 0.6) is 0 Å². The number of aliphatic hydroxyl groups is 3. The van der Waals surface area contributed by atoms with Gasteiger partial charge in [0.15, 0.2) is 4.90 Å². The topological polar surface area (TPSA) is 293 Å². The van der Waals surface area contributed by atoms with Crippen molar-refractivity contribution in [2.75, 3.05) is 36.9 Å². The van der Waals surface area contributed by atoms with Crippen LogP contribution >= 0.6 is 0 Å². The fourth-order valence-corrected chi connectivity index (χ4v) is 8.36. The minimum atomic E-state index is -4.89. The number of anilines is 2. The molecule has 0 saturated carbocycles. The van der Waals surface area contributed by atoms with Crippen LogP contribution in [0.1, 0.15) is 37.7 Å². The molecule has 4 aromatic rings. The van der Waals surface area contributed by atoms with Gasteiger partial charge in [-0.05, 0) is 35.6 Å². The standard InChI is InChI=1S/C42H47N5O14S/c1-2-20-43-35-36(39(53)38(35)52)44-21-10-3-4-11-22-60-42(41(54)55)24-30(48)34(46-62(58,59)32-15-9-8-14-29(32)47(56)57)40(61-42)37(51)31(49)25-45-33(50)23-26-16-18-28(19-17-26)27-12-6-5-7-13-27/h1,5-9,12-19,30-31,34,37,40,43-44,46,48-49,51H,3-4,10-11,20-25H2,(H,45,50)(H,54,55)/t30-,31+,34+,37+,40+,42+/m0/s1. The molecular formula is C42H47N5O14S. The molecule has 1 amide bonds. The minimum absolute atomic E-state index is 0.0670. The molecule has 62 heavy (non-hydrogen) atoms. The van der Waals surface area contributed by atoms with E-state index in [1.54, 1.807) is 12.1 Å². The number of unbranched alkanes of at least 4 members (excludes halogenated alkanes) is 3. The minimum Gasteiger partial charge on any atom is -0.477 e. The molecule has 5 rings (SSSR count). The van der Waals surface area contributed by atoms with E-state index < -0.39 is 97.5 Å².